The molecule has 4 nitrogen and oxygen atoms in total. The predicted molar refractivity (Wildman–Crippen MR) is 108 cm³/mol. The molecule has 2 atom stereocenters. The van der Waals surface area contributed by atoms with Crippen molar-refractivity contribution in [1.82, 2.24) is 0 Å². The summed E-state index contributed by atoms with van der Waals surface area (Å²) in [6, 6.07) is 13.9. The number of rotatable bonds is 4. The van der Waals surface area contributed by atoms with Gasteiger partial charge in [-0.15, -0.1) is 0 Å². The first-order valence-electron chi connectivity index (χ1n) is 8.81. The summed E-state index contributed by atoms with van der Waals surface area (Å²) in [5.41, 5.74) is 2.89. The van der Waals surface area contributed by atoms with Gasteiger partial charge in [-0.3, -0.25) is 4.79 Å². The normalized spacial score (nSPS) is 22.2. The highest BCUT2D eigenvalue weighted by Gasteiger charge is 2.44. The second-order valence-electron chi connectivity index (χ2n) is 6.72. The van der Waals surface area contributed by atoms with E-state index >= 15 is 0 Å². The minimum Gasteiger partial charge on any atom is -0.378 e. The van der Waals surface area contributed by atoms with Crippen molar-refractivity contribution in [2.24, 2.45) is 5.92 Å². The van der Waals surface area contributed by atoms with Crippen molar-refractivity contribution in [1.29, 1.82) is 0 Å². The van der Waals surface area contributed by atoms with Gasteiger partial charge in [0.1, 0.15) is 0 Å². The van der Waals surface area contributed by atoms with Crippen LogP contribution in [0.4, 0.5) is 11.4 Å². The lowest BCUT2D eigenvalue weighted by Crippen LogP contribution is -2.37. The standard InChI is InChI=1S/C20H20BrClN2O2/c21-14-6-4-13(5-7-14)15-12-16(15)20(25)23-18-3-1-2-17(22)19(18)24-8-10-26-11-9-24/h1-7,15-16H,8-12H2,(H,23,25). The molecular weight excluding hydrogens is 416 g/mol. The second kappa shape index (κ2) is 7.59. The number of halogens is 2. The summed E-state index contributed by atoms with van der Waals surface area (Å²) in [6.07, 6.45) is 0.890. The summed E-state index contributed by atoms with van der Waals surface area (Å²) < 4.78 is 6.48. The van der Waals surface area contributed by atoms with Gasteiger partial charge in [-0.25, -0.2) is 0 Å². The molecule has 4 rings (SSSR count). The average molecular weight is 436 g/mol. The summed E-state index contributed by atoms with van der Waals surface area (Å²) in [4.78, 5) is 14.9. The van der Waals surface area contributed by atoms with Gasteiger partial charge in [0.2, 0.25) is 5.91 Å². The molecule has 1 aliphatic heterocycles. The molecule has 0 spiro atoms. The maximum absolute atomic E-state index is 12.8. The lowest BCUT2D eigenvalue weighted by Gasteiger charge is -2.31. The fourth-order valence-electron chi connectivity index (χ4n) is 3.51. The van der Waals surface area contributed by atoms with Crippen LogP contribution in [0.15, 0.2) is 46.9 Å². The Morgan fingerprint density at radius 2 is 1.88 bits per heavy atom. The third kappa shape index (κ3) is 3.75. The van der Waals surface area contributed by atoms with Crippen LogP contribution in [0.1, 0.15) is 17.9 Å². The number of para-hydroxylation sites is 1. The Bertz CT molecular complexity index is 806. The first kappa shape index (κ1) is 17.8. The number of morpholine rings is 1. The Morgan fingerprint density at radius 1 is 1.15 bits per heavy atom. The second-order valence-corrected chi connectivity index (χ2v) is 8.05. The van der Waals surface area contributed by atoms with Crippen molar-refractivity contribution in [3.05, 3.63) is 57.5 Å². The van der Waals surface area contributed by atoms with Gasteiger partial charge in [0.05, 0.1) is 29.6 Å². The summed E-state index contributed by atoms with van der Waals surface area (Å²) in [5.74, 6) is 0.386. The highest BCUT2D eigenvalue weighted by atomic mass is 79.9. The molecule has 26 heavy (non-hydrogen) atoms. The zero-order valence-electron chi connectivity index (χ0n) is 14.3. The Labute approximate surface area is 166 Å². The highest BCUT2D eigenvalue weighted by Crippen LogP contribution is 2.48. The quantitative estimate of drug-likeness (QED) is 0.758. The predicted octanol–water partition coefficient (Wildman–Crippen LogP) is 4.68. The molecule has 1 saturated heterocycles. The van der Waals surface area contributed by atoms with Crippen LogP contribution < -0.4 is 10.2 Å². The minimum absolute atomic E-state index is 0.0210. The summed E-state index contributed by atoms with van der Waals surface area (Å²) in [6.45, 7) is 2.90. The van der Waals surface area contributed by atoms with Crippen LogP contribution in [0.3, 0.4) is 0 Å². The van der Waals surface area contributed by atoms with E-state index in [0.29, 0.717) is 24.2 Å². The van der Waals surface area contributed by atoms with Gasteiger partial charge in [-0.1, -0.05) is 45.7 Å². The Morgan fingerprint density at radius 3 is 2.62 bits per heavy atom. The third-order valence-corrected chi connectivity index (χ3v) is 5.83. The molecule has 6 heteroatoms. The first-order valence-corrected chi connectivity index (χ1v) is 9.98. The molecule has 2 aromatic rings. The van der Waals surface area contributed by atoms with E-state index < -0.39 is 0 Å². The van der Waals surface area contributed by atoms with Crippen LogP contribution in [0, 0.1) is 5.92 Å². The van der Waals surface area contributed by atoms with Crippen LogP contribution >= 0.6 is 27.5 Å². The molecule has 1 saturated carbocycles. The molecule has 1 heterocycles. The zero-order valence-corrected chi connectivity index (χ0v) is 16.6. The molecule has 1 aliphatic carbocycles. The van der Waals surface area contributed by atoms with Crippen LogP contribution in [0.25, 0.3) is 0 Å². The fourth-order valence-corrected chi connectivity index (χ4v) is 4.07. The number of hydrogen-bond donors (Lipinski definition) is 1. The lowest BCUT2D eigenvalue weighted by molar-refractivity contribution is -0.117. The third-order valence-electron chi connectivity index (χ3n) is 5.00. The number of benzene rings is 2. The van der Waals surface area contributed by atoms with Crippen LogP contribution in [0.2, 0.25) is 5.02 Å². The Kier molecular flexibility index (Phi) is 5.20. The van der Waals surface area contributed by atoms with Gasteiger partial charge in [-0.05, 0) is 42.2 Å². The summed E-state index contributed by atoms with van der Waals surface area (Å²) in [7, 11) is 0. The van der Waals surface area contributed by atoms with Gasteiger partial charge < -0.3 is 15.0 Å². The zero-order chi connectivity index (χ0) is 18.1. The highest BCUT2D eigenvalue weighted by molar-refractivity contribution is 9.10. The van der Waals surface area contributed by atoms with E-state index in [1.54, 1.807) is 0 Å². The van der Waals surface area contributed by atoms with Gasteiger partial charge in [0, 0.05) is 23.5 Å². The monoisotopic (exact) mass is 434 g/mol. The number of hydrogen-bond acceptors (Lipinski definition) is 3. The van der Waals surface area contributed by atoms with Crippen molar-refractivity contribution < 1.29 is 9.53 Å². The molecule has 0 bridgehead atoms. The van der Waals surface area contributed by atoms with E-state index in [-0.39, 0.29) is 11.8 Å². The number of ether oxygens (including phenoxy) is 1. The van der Waals surface area contributed by atoms with Crippen LogP contribution in [-0.2, 0) is 9.53 Å². The Balaban J connectivity index is 1.48. The first-order chi connectivity index (χ1) is 12.6. The van der Waals surface area contributed by atoms with Crippen LogP contribution in [0.5, 0.6) is 0 Å². The molecule has 2 unspecified atom stereocenters. The van der Waals surface area contributed by atoms with E-state index in [4.69, 9.17) is 16.3 Å². The number of carbonyl (C=O) groups is 1. The number of carbonyl (C=O) groups excluding carboxylic acids is 1. The van der Waals surface area contributed by atoms with E-state index in [2.05, 4.69) is 38.3 Å². The molecule has 1 amide bonds. The molecule has 136 valence electrons. The molecule has 1 N–H and O–H groups in total. The molecule has 2 fully saturated rings. The molecule has 2 aliphatic rings. The Hall–Kier alpha value is -1.56. The SMILES string of the molecule is O=C(Nc1cccc(Cl)c1N1CCOCC1)C1CC1c1ccc(Br)cc1. The topological polar surface area (TPSA) is 41.6 Å². The van der Waals surface area contributed by atoms with E-state index in [1.807, 2.05) is 30.3 Å². The van der Waals surface area contributed by atoms with E-state index in [9.17, 15) is 4.79 Å². The molecular formula is C20H20BrClN2O2. The maximum Gasteiger partial charge on any atom is 0.228 e. The largest absolute Gasteiger partial charge is 0.378 e. The minimum atomic E-state index is 0.0210. The van der Waals surface area contributed by atoms with Crippen molar-refractivity contribution in [2.45, 2.75) is 12.3 Å². The summed E-state index contributed by atoms with van der Waals surface area (Å²) >= 11 is 9.89. The van der Waals surface area contributed by atoms with Crippen molar-refractivity contribution in [3.63, 3.8) is 0 Å². The van der Waals surface area contributed by atoms with Crippen molar-refractivity contribution >= 4 is 44.8 Å². The van der Waals surface area contributed by atoms with E-state index in [0.717, 1.165) is 35.4 Å². The van der Waals surface area contributed by atoms with Crippen LogP contribution in [-0.4, -0.2) is 32.2 Å². The van der Waals surface area contributed by atoms with Gasteiger partial charge in [-0.2, -0.15) is 0 Å². The molecule has 2 aromatic carbocycles. The fraction of sp³-hybridized carbons (Fsp3) is 0.350. The smallest absolute Gasteiger partial charge is 0.228 e. The molecule has 0 radical (unpaired) electrons. The van der Waals surface area contributed by atoms with Crippen molar-refractivity contribution in [2.75, 3.05) is 36.5 Å². The summed E-state index contributed by atoms with van der Waals surface area (Å²) in [5, 5.41) is 3.76. The number of nitrogens with zero attached hydrogens (tertiary/aromatic N) is 1. The number of amides is 1. The van der Waals surface area contributed by atoms with Gasteiger partial charge >= 0.3 is 0 Å². The number of nitrogens with one attached hydrogen (secondary N) is 1. The van der Waals surface area contributed by atoms with E-state index in [1.165, 1.54) is 5.56 Å². The maximum atomic E-state index is 12.8. The number of anilines is 2. The average Bonchev–Trinajstić information content (AvgIpc) is 3.44. The molecule has 0 aromatic heterocycles. The van der Waals surface area contributed by atoms with Gasteiger partial charge in [0.15, 0.2) is 0 Å². The van der Waals surface area contributed by atoms with Gasteiger partial charge in [0.25, 0.3) is 0 Å². The lowest BCUT2D eigenvalue weighted by atomic mass is 10.1. The van der Waals surface area contributed by atoms with Crippen molar-refractivity contribution in [3.8, 4) is 0 Å².